The Morgan fingerprint density at radius 2 is 1.53 bits per heavy atom. The van der Waals surface area contributed by atoms with Crippen molar-refractivity contribution >= 4 is 29.0 Å². The maximum Gasteiger partial charge on any atom is 0.231 e. The predicted octanol–water partition coefficient (Wildman–Crippen LogP) is 4.51. The van der Waals surface area contributed by atoms with Crippen LogP contribution in [-0.2, 0) is 20.8 Å². The van der Waals surface area contributed by atoms with E-state index in [0.717, 1.165) is 36.9 Å². The van der Waals surface area contributed by atoms with E-state index in [9.17, 15) is 19.5 Å². The molecule has 0 aromatic heterocycles. The van der Waals surface area contributed by atoms with Crippen LogP contribution in [0.2, 0.25) is 0 Å². The Kier molecular flexibility index (Phi) is 11.2. The molecule has 2 N–H and O–H groups in total. The highest BCUT2D eigenvalue weighted by Gasteiger charge is 2.15. The molecular formula is C26H34N2O4. The van der Waals surface area contributed by atoms with Gasteiger partial charge in [0, 0.05) is 37.2 Å². The van der Waals surface area contributed by atoms with Gasteiger partial charge < -0.3 is 15.3 Å². The molecule has 0 bridgehead atoms. The molecular weight excluding hydrogens is 404 g/mol. The number of Topliss-reactive ketones (excluding diaryl/α,β-unsaturated/α-hetero) is 1. The summed E-state index contributed by atoms with van der Waals surface area (Å²) in [6.45, 7) is 2.02. The molecule has 0 saturated heterocycles. The van der Waals surface area contributed by atoms with Crippen LogP contribution in [0.1, 0.15) is 57.4 Å². The molecule has 0 radical (unpaired) electrons. The van der Waals surface area contributed by atoms with Crippen molar-refractivity contribution in [1.82, 2.24) is 0 Å². The number of hydrogen-bond donors (Lipinski definition) is 2. The van der Waals surface area contributed by atoms with Crippen molar-refractivity contribution in [2.45, 2.75) is 58.3 Å². The summed E-state index contributed by atoms with van der Waals surface area (Å²) in [4.78, 5) is 37.7. The van der Waals surface area contributed by atoms with Gasteiger partial charge >= 0.3 is 0 Å². The number of aliphatic hydroxyl groups is 1. The van der Waals surface area contributed by atoms with Crippen molar-refractivity contribution in [3.8, 4) is 0 Å². The van der Waals surface area contributed by atoms with E-state index in [0.29, 0.717) is 30.7 Å². The van der Waals surface area contributed by atoms with Crippen LogP contribution in [0.15, 0.2) is 54.6 Å². The average molecular weight is 439 g/mol. The first kappa shape index (κ1) is 25.3. The number of hydrogen-bond acceptors (Lipinski definition) is 4. The fraction of sp³-hybridized carbons (Fsp3) is 0.423. The topological polar surface area (TPSA) is 86.7 Å². The normalized spacial score (nSPS) is 10.6. The number of aliphatic hydroxyl groups excluding tert-OH is 1. The van der Waals surface area contributed by atoms with E-state index in [1.807, 2.05) is 49.4 Å². The van der Waals surface area contributed by atoms with E-state index >= 15 is 0 Å². The van der Waals surface area contributed by atoms with Gasteiger partial charge in [0.15, 0.2) is 0 Å². The molecule has 32 heavy (non-hydrogen) atoms. The first-order chi connectivity index (χ1) is 15.5. The van der Waals surface area contributed by atoms with Crippen molar-refractivity contribution < 1.29 is 19.5 Å². The zero-order chi connectivity index (χ0) is 23.2. The number of ketones is 1. The van der Waals surface area contributed by atoms with Gasteiger partial charge in [-0.3, -0.25) is 14.4 Å². The van der Waals surface area contributed by atoms with Gasteiger partial charge in [0.05, 0.1) is 13.0 Å². The lowest BCUT2D eigenvalue weighted by Gasteiger charge is -2.22. The van der Waals surface area contributed by atoms with Crippen molar-refractivity contribution in [3.05, 3.63) is 60.2 Å². The predicted molar refractivity (Wildman–Crippen MR) is 128 cm³/mol. The van der Waals surface area contributed by atoms with E-state index in [1.165, 1.54) is 0 Å². The van der Waals surface area contributed by atoms with Gasteiger partial charge in [-0.15, -0.1) is 0 Å². The Bertz CT molecular complexity index is 850. The largest absolute Gasteiger partial charge is 0.395 e. The lowest BCUT2D eigenvalue weighted by molar-refractivity contribution is -0.119. The molecule has 2 aromatic carbocycles. The molecule has 0 aliphatic rings. The Morgan fingerprint density at radius 3 is 2.16 bits per heavy atom. The van der Waals surface area contributed by atoms with Gasteiger partial charge in [0.2, 0.25) is 11.8 Å². The molecule has 2 rings (SSSR count). The van der Waals surface area contributed by atoms with E-state index < -0.39 is 0 Å². The summed E-state index contributed by atoms with van der Waals surface area (Å²) in [5.74, 6) is 0.174. The van der Waals surface area contributed by atoms with Crippen molar-refractivity contribution in [1.29, 1.82) is 0 Å². The number of carbonyl (C=O) groups excluding carboxylic acids is 3. The summed E-state index contributed by atoms with van der Waals surface area (Å²) in [5.41, 5.74) is 2.30. The molecule has 0 unspecified atom stereocenters. The Balaban J connectivity index is 1.76. The molecule has 172 valence electrons. The summed E-state index contributed by atoms with van der Waals surface area (Å²) in [6.07, 6.45) is 5.52. The molecule has 0 aliphatic carbocycles. The van der Waals surface area contributed by atoms with Gasteiger partial charge in [-0.1, -0.05) is 50.1 Å². The van der Waals surface area contributed by atoms with E-state index in [1.54, 1.807) is 17.0 Å². The van der Waals surface area contributed by atoms with Crippen LogP contribution in [0.3, 0.4) is 0 Å². The third-order valence-electron chi connectivity index (χ3n) is 5.29. The summed E-state index contributed by atoms with van der Waals surface area (Å²) in [7, 11) is 0. The van der Waals surface area contributed by atoms with Crippen LogP contribution in [-0.4, -0.2) is 35.9 Å². The van der Waals surface area contributed by atoms with Gasteiger partial charge in [0.25, 0.3) is 0 Å². The van der Waals surface area contributed by atoms with E-state index in [-0.39, 0.29) is 31.4 Å². The number of nitrogens with one attached hydrogen (secondary N) is 1. The highest BCUT2D eigenvalue weighted by Crippen LogP contribution is 2.17. The summed E-state index contributed by atoms with van der Waals surface area (Å²) in [5, 5.41) is 12.2. The zero-order valence-corrected chi connectivity index (χ0v) is 18.9. The van der Waals surface area contributed by atoms with Crippen LogP contribution in [0.5, 0.6) is 0 Å². The molecule has 0 aliphatic heterocycles. The van der Waals surface area contributed by atoms with Crippen LogP contribution >= 0.6 is 0 Å². The number of benzene rings is 2. The number of carbonyl (C=O) groups is 3. The molecule has 0 fully saturated rings. The fourth-order valence-electron chi connectivity index (χ4n) is 3.44. The minimum absolute atomic E-state index is 0.0309. The average Bonchev–Trinajstić information content (AvgIpc) is 2.81. The second-order valence-electron chi connectivity index (χ2n) is 7.83. The molecule has 0 saturated carbocycles. The molecule has 6 heteroatoms. The Hall–Kier alpha value is -2.99. The third-order valence-corrected chi connectivity index (χ3v) is 5.29. The number of unbranched alkanes of at least 4 members (excludes halogenated alkanes) is 3. The van der Waals surface area contributed by atoms with Crippen LogP contribution < -0.4 is 10.2 Å². The first-order valence-electron chi connectivity index (χ1n) is 11.4. The lowest BCUT2D eigenvalue weighted by atomic mass is 10.1. The Morgan fingerprint density at radius 1 is 0.875 bits per heavy atom. The van der Waals surface area contributed by atoms with Crippen molar-refractivity contribution in [3.63, 3.8) is 0 Å². The van der Waals surface area contributed by atoms with Crippen molar-refractivity contribution in [2.24, 2.45) is 0 Å². The number of nitrogens with zero attached hydrogens (tertiary/aromatic N) is 1. The number of anilines is 2. The van der Waals surface area contributed by atoms with Gasteiger partial charge in [0.1, 0.15) is 5.78 Å². The standard InChI is InChI=1S/C26H34N2O4/c1-2-24(30)12-8-3-4-9-13-25(31)27-22-16-14-21(15-17-22)20-26(32)28(18-19-29)23-10-6-5-7-11-23/h5-7,10-11,14-17,29H,2-4,8-9,12-13,18-20H2,1H3,(H,27,31). The molecule has 2 aromatic rings. The SMILES string of the molecule is CCC(=O)CCCCCCC(=O)Nc1ccc(CC(=O)N(CCO)c2ccccc2)cc1. The number of para-hydroxylation sites is 1. The fourth-order valence-corrected chi connectivity index (χ4v) is 3.44. The van der Waals surface area contributed by atoms with Crippen LogP contribution in [0.4, 0.5) is 11.4 Å². The van der Waals surface area contributed by atoms with Crippen LogP contribution in [0, 0.1) is 0 Å². The smallest absolute Gasteiger partial charge is 0.231 e. The highest BCUT2D eigenvalue weighted by atomic mass is 16.3. The molecule has 6 nitrogen and oxygen atoms in total. The zero-order valence-electron chi connectivity index (χ0n) is 18.9. The summed E-state index contributed by atoms with van der Waals surface area (Å²) in [6, 6.07) is 16.6. The van der Waals surface area contributed by atoms with Gasteiger partial charge in [-0.2, -0.15) is 0 Å². The maximum absolute atomic E-state index is 12.7. The van der Waals surface area contributed by atoms with Gasteiger partial charge in [-0.05, 0) is 42.7 Å². The van der Waals surface area contributed by atoms with E-state index in [2.05, 4.69) is 5.32 Å². The second-order valence-corrected chi connectivity index (χ2v) is 7.83. The maximum atomic E-state index is 12.7. The monoisotopic (exact) mass is 438 g/mol. The Labute approximate surface area is 190 Å². The first-order valence-corrected chi connectivity index (χ1v) is 11.4. The van der Waals surface area contributed by atoms with E-state index in [4.69, 9.17) is 0 Å². The third kappa shape index (κ3) is 9.02. The van der Waals surface area contributed by atoms with Crippen LogP contribution in [0.25, 0.3) is 0 Å². The lowest BCUT2D eigenvalue weighted by Crippen LogP contribution is -2.34. The molecule has 0 atom stereocenters. The minimum atomic E-state index is -0.109. The number of rotatable bonds is 14. The molecule has 0 heterocycles. The number of amides is 2. The summed E-state index contributed by atoms with van der Waals surface area (Å²) < 4.78 is 0. The van der Waals surface area contributed by atoms with Crippen molar-refractivity contribution in [2.75, 3.05) is 23.4 Å². The quantitative estimate of drug-likeness (QED) is 0.425. The summed E-state index contributed by atoms with van der Waals surface area (Å²) >= 11 is 0. The second kappa shape index (κ2) is 14.1. The molecule has 2 amide bonds. The highest BCUT2D eigenvalue weighted by molar-refractivity contribution is 5.95. The molecule has 0 spiro atoms. The van der Waals surface area contributed by atoms with Gasteiger partial charge in [-0.25, -0.2) is 0 Å². The minimum Gasteiger partial charge on any atom is -0.395 e.